The van der Waals surface area contributed by atoms with Gasteiger partial charge in [0.15, 0.2) is 6.67 Å². The smallest absolute Gasteiger partial charge is 0.393 e. The lowest BCUT2D eigenvalue weighted by Crippen LogP contribution is -2.42. The van der Waals surface area contributed by atoms with Crippen LogP contribution in [0.5, 0.6) is 0 Å². The third kappa shape index (κ3) is 5.81. The average Bonchev–Trinajstić information content (AvgIpc) is 2.92. The molecule has 0 saturated heterocycles. The predicted molar refractivity (Wildman–Crippen MR) is 87.2 cm³/mol. The molecule has 0 saturated carbocycles. The van der Waals surface area contributed by atoms with Gasteiger partial charge in [-0.15, -0.1) is 0 Å². The minimum absolute atomic E-state index is 0.0321. The lowest BCUT2D eigenvalue weighted by Gasteiger charge is -2.28. The van der Waals surface area contributed by atoms with Gasteiger partial charge in [0.1, 0.15) is 6.20 Å². The Kier molecular flexibility index (Phi) is 6.99. The summed E-state index contributed by atoms with van der Waals surface area (Å²) < 4.78 is 34.9. The zero-order chi connectivity index (χ0) is 17.5. The molecular weight excluding hydrogens is 320 g/mol. The zero-order valence-electron chi connectivity index (χ0n) is 13.5. The van der Waals surface area contributed by atoms with Crippen LogP contribution >= 0.6 is 0 Å². The maximum absolute atomic E-state index is 12.1. The van der Waals surface area contributed by atoms with Gasteiger partial charge in [-0.3, -0.25) is 4.55 Å². The van der Waals surface area contributed by atoms with Gasteiger partial charge in [-0.05, 0) is 26.0 Å². The Balaban J connectivity index is 2.55. The van der Waals surface area contributed by atoms with Gasteiger partial charge in [-0.2, -0.15) is 8.42 Å². The van der Waals surface area contributed by atoms with E-state index in [1.54, 1.807) is 6.20 Å². The van der Waals surface area contributed by atoms with Crippen molar-refractivity contribution in [3.63, 3.8) is 0 Å². The molecule has 1 aliphatic rings. The number of esters is 1. The van der Waals surface area contributed by atoms with Gasteiger partial charge in [-0.25, -0.2) is 9.28 Å². The highest BCUT2D eigenvalue weighted by atomic mass is 32.2. The molecule has 0 aromatic heterocycles. The van der Waals surface area contributed by atoms with Crippen molar-refractivity contribution in [1.82, 2.24) is 4.90 Å². The quantitative estimate of drug-likeness (QED) is 0.214. The van der Waals surface area contributed by atoms with E-state index in [1.165, 1.54) is 0 Å². The summed E-state index contributed by atoms with van der Waals surface area (Å²) in [5.74, 6) is -1.05. The Labute approximate surface area is 137 Å². The molecule has 0 aromatic carbocycles. The first-order valence-electron chi connectivity index (χ1n) is 7.50. The second-order valence-electron chi connectivity index (χ2n) is 5.44. The van der Waals surface area contributed by atoms with Gasteiger partial charge < -0.3 is 9.64 Å². The largest absolute Gasteiger partial charge is 0.458 e. The monoisotopic (exact) mass is 345 g/mol. The molecule has 8 heteroatoms. The number of hydrogen-bond acceptors (Lipinski definition) is 5. The molecular formula is C15H25N2O5S+. The van der Waals surface area contributed by atoms with Crippen LogP contribution in [0.1, 0.15) is 26.2 Å². The molecule has 1 atom stereocenters. The number of quaternary nitrogens is 1. The second-order valence-corrected chi connectivity index (χ2v) is 7.01. The molecule has 1 N–H and O–H groups in total. The van der Waals surface area contributed by atoms with E-state index in [-0.39, 0.29) is 23.2 Å². The van der Waals surface area contributed by atoms with Crippen LogP contribution in [-0.4, -0.2) is 53.9 Å². The van der Waals surface area contributed by atoms with Crippen LogP contribution in [-0.2, 0) is 19.6 Å². The summed E-state index contributed by atoms with van der Waals surface area (Å²) in [7, 11) is -4.04. The van der Waals surface area contributed by atoms with E-state index in [9.17, 15) is 13.2 Å². The molecule has 130 valence electrons. The first-order valence-corrected chi connectivity index (χ1v) is 9.11. The number of rotatable bonds is 10. The third-order valence-corrected chi connectivity index (χ3v) is 4.41. The van der Waals surface area contributed by atoms with Crippen LogP contribution in [0.15, 0.2) is 37.5 Å². The van der Waals surface area contributed by atoms with Crippen LogP contribution in [0.2, 0.25) is 0 Å². The topological polar surface area (TPSA) is 83.9 Å². The minimum atomic E-state index is -4.04. The maximum Gasteiger partial charge on any atom is 0.393 e. The maximum atomic E-state index is 12.1. The lowest BCUT2D eigenvalue weighted by molar-refractivity contribution is -0.785. The van der Waals surface area contributed by atoms with Gasteiger partial charge in [0.25, 0.3) is 10.1 Å². The number of ether oxygens (including phenoxy) is 1. The van der Waals surface area contributed by atoms with E-state index in [0.717, 1.165) is 19.4 Å². The molecule has 0 amide bonds. The minimum Gasteiger partial charge on any atom is -0.458 e. The van der Waals surface area contributed by atoms with Crippen molar-refractivity contribution in [2.45, 2.75) is 26.2 Å². The lowest BCUT2D eigenvalue weighted by atomic mass is 10.3. The number of carbonyl (C=O) groups is 1. The van der Waals surface area contributed by atoms with E-state index in [1.807, 2.05) is 12.4 Å². The van der Waals surface area contributed by atoms with Gasteiger partial charge in [-0.1, -0.05) is 13.3 Å². The molecule has 1 unspecified atom stereocenters. The third-order valence-electron chi connectivity index (χ3n) is 3.60. The Morgan fingerprint density at radius 3 is 2.74 bits per heavy atom. The molecule has 1 rings (SSSR count). The molecule has 0 aromatic rings. The SMILES string of the molecule is C=C[N+]1(C(=C)C(=O)OCCCS(=O)(=O)O)C=CN(CCCC)C1. The van der Waals surface area contributed by atoms with Gasteiger partial charge in [0.05, 0.1) is 24.8 Å². The van der Waals surface area contributed by atoms with E-state index in [2.05, 4.69) is 25.0 Å². The van der Waals surface area contributed by atoms with E-state index < -0.39 is 21.8 Å². The van der Waals surface area contributed by atoms with Crippen molar-refractivity contribution >= 4 is 16.1 Å². The Hall–Kier alpha value is -1.64. The summed E-state index contributed by atoms with van der Waals surface area (Å²) in [6, 6.07) is 0. The van der Waals surface area contributed by atoms with Gasteiger partial charge in [0.2, 0.25) is 5.70 Å². The fraction of sp³-hybridized carbons (Fsp3) is 0.533. The fourth-order valence-electron chi connectivity index (χ4n) is 2.18. The average molecular weight is 345 g/mol. The summed E-state index contributed by atoms with van der Waals surface area (Å²) in [5.41, 5.74) is 0.210. The summed E-state index contributed by atoms with van der Waals surface area (Å²) >= 11 is 0. The second kappa shape index (κ2) is 8.28. The van der Waals surface area contributed by atoms with Crippen LogP contribution in [0.4, 0.5) is 0 Å². The first kappa shape index (κ1) is 19.4. The van der Waals surface area contributed by atoms with Crippen molar-refractivity contribution in [2.75, 3.05) is 25.6 Å². The van der Waals surface area contributed by atoms with Crippen LogP contribution in [0.3, 0.4) is 0 Å². The van der Waals surface area contributed by atoms with E-state index in [0.29, 0.717) is 6.67 Å². The van der Waals surface area contributed by atoms with Crippen molar-refractivity contribution in [2.24, 2.45) is 0 Å². The van der Waals surface area contributed by atoms with Crippen molar-refractivity contribution in [3.8, 4) is 0 Å². The van der Waals surface area contributed by atoms with Gasteiger partial charge in [0, 0.05) is 6.54 Å². The molecule has 0 radical (unpaired) electrons. The first-order chi connectivity index (χ1) is 10.7. The Morgan fingerprint density at radius 1 is 1.48 bits per heavy atom. The molecule has 1 aliphatic heterocycles. The summed E-state index contributed by atoms with van der Waals surface area (Å²) in [4.78, 5) is 14.2. The number of carbonyl (C=O) groups excluding carboxylic acids is 1. The molecule has 0 fully saturated rings. The fourth-order valence-corrected chi connectivity index (χ4v) is 2.66. The Morgan fingerprint density at radius 2 is 2.17 bits per heavy atom. The molecule has 0 bridgehead atoms. The van der Waals surface area contributed by atoms with Crippen LogP contribution < -0.4 is 0 Å². The van der Waals surface area contributed by atoms with Crippen molar-refractivity contribution < 1.29 is 27.0 Å². The normalized spacial score (nSPS) is 20.5. The zero-order valence-corrected chi connectivity index (χ0v) is 14.3. The van der Waals surface area contributed by atoms with E-state index >= 15 is 0 Å². The molecule has 0 spiro atoms. The summed E-state index contributed by atoms with van der Waals surface area (Å²) in [6.45, 7) is 11.0. The highest BCUT2D eigenvalue weighted by Crippen LogP contribution is 2.26. The molecule has 1 heterocycles. The number of nitrogens with zero attached hydrogens (tertiary/aromatic N) is 2. The number of unbranched alkanes of at least 4 members (excludes halogenated alkanes) is 1. The molecule has 0 aliphatic carbocycles. The summed E-state index contributed by atoms with van der Waals surface area (Å²) in [5, 5.41) is 0. The van der Waals surface area contributed by atoms with Crippen LogP contribution in [0.25, 0.3) is 0 Å². The highest BCUT2D eigenvalue weighted by molar-refractivity contribution is 7.85. The Bertz CT molecular complexity index is 585. The highest BCUT2D eigenvalue weighted by Gasteiger charge is 2.38. The number of hydrogen-bond donors (Lipinski definition) is 1. The van der Waals surface area contributed by atoms with Crippen LogP contribution in [0, 0.1) is 0 Å². The van der Waals surface area contributed by atoms with Crippen molar-refractivity contribution in [3.05, 3.63) is 37.5 Å². The molecule has 7 nitrogen and oxygen atoms in total. The summed E-state index contributed by atoms with van der Waals surface area (Å²) in [6.07, 6.45) is 7.51. The molecule has 23 heavy (non-hydrogen) atoms. The van der Waals surface area contributed by atoms with Gasteiger partial charge >= 0.3 is 5.97 Å². The van der Waals surface area contributed by atoms with E-state index in [4.69, 9.17) is 9.29 Å². The van der Waals surface area contributed by atoms with Crippen molar-refractivity contribution in [1.29, 1.82) is 0 Å². The predicted octanol–water partition coefficient (Wildman–Crippen LogP) is 1.83. The standard InChI is InChI=1S/C15H24N2O5S/c1-4-6-8-16-9-10-17(5-2,13-16)14(3)15(18)22-11-7-12-23(19,20)21/h5,9-10H,2-4,6-8,11-13H2,1H3/p+1.